The van der Waals surface area contributed by atoms with Gasteiger partial charge in [0.2, 0.25) is 0 Å². The molecular formula is C25H25Cl3N2O2. The Labute approximate surface area is 203 Å². The van der Waals surface area contributed by atoms with Gasteiger partial charge in [-0.25, -0.2) is 9.78 Å². The van der Waals surface area contributed by atoms with Gasteiger partial charge in [0.1, 0.15) is 5.82 Å². The van der Waals surface area contributed by atoms with Crippen LogP contribution in [0.15, 0.2) is 54.2 Å². The third-order valence-corrected chi connectivity index (χ3v) is 6.27. The normalized spacial score (nSPS) is 11.6. The zero-order valence-corrected chi connectivity index (χ0v) is 20.3. The van der Waals surface area contributed by atoms with E-state index in [0.29, 0.717) is 33.6 Å². The molecule has 0 amide bonds. The van der Waals surface area contributed by atoms with Gasteiger partial charge in [0.15, 0.2) is 0 Å². The van der Waals surface area contributed by atoms with Crippen molar-refractivity contribution in [1.82, 2.24) is 9.55 Å². The number of unbranched alkanes of at least 4 members (excludes halogenated alkanes) is 1. The van der Waals surface area contributed by atoms with Crippen molar-refractivity contribution < 1.29 is 9.53 Å². The predicted octanol–water partition coefficient (Wildman–Crippen LogP) is 7.03. The SMILES string of the molecule is CCCCc1ncc(/C=C(\Cc2ccc(Cl)c(Cl)c2)C(=O)OC)n1Cc1ccccc1Cl. The number of aromatic nitrogens is 2. The van der Waals surface area contributed by atoms with E-state index in [9.17, 15) is 4.79 Å². The largest absolute Gasteiger partial charge is 0.466 e. The number of methoxy groups -OCH3 is 1. The summed E-state index contributed by atoms with van der Waals surface area (Å²) in [5.41, 5.74) is 3.16. The van der Waals surface area contributed by atoms with Crippen LogP contribution in [0.4, 0.5) is 0 Å². The Bertz CT molecular complexity index is 1120. The van der Waals surface area contributed by atoms with E-state index >= 15 is 0 Å². The number of nitrogens with zero attached hydrogens (tertiary/aromatic N) is 2. The molecule has 1 aromatic heterocycles. The first-order chi connectivity index (χ1) is 15.4. The second kappa shape index (κ2) is 11.6. The van der Waals surface area contributed by atoms with Crippen molar-refractivity contribution in [3.8, 4) is 0 Å². The third kappa shape index (κ3) is 6.16. The van der Waals surface area contributed by atoms with Gasteiger partial charge >= 0.3 is 5.97 Å². The van der Waals surface area contributed by atoms with Gasteiger partial charge < -0.3 is 9.30 Å². The van der Waals surface area contributed by atoms with Crippen LogP contribution in [0.2, 0.25) is 15.1 Å². The van der Waals surface area contributed by atoms with E-state index in [1.165, 1.54) is 7.11 Å². The van der Waals surface area contributed by atoms with Gasteiger partial charge in [0.05, 0.1) is 35.6 Å². The maximum atomic E-state index is 12.6. The number of carbonyl (C=O) groups is 1. The zero-order valence-electron chi connectivity index (χ0n) is 18.1. The number of esters is 1. The molecule has 0 atom stereocenters. The number of hydrogen-bond acceptors (Lipinski definition) is 3. The fourth-order valence-electron chi connectivity index (χ4n) is 3.42. The fourth-order valence-corrected chi connectivity index (χ4v) is 3.94. The van der Waals surface area contributed by atoms with Crippen molar-refractivity contribution in [3.63, 3.8) is 0 Å². The molecule has 0 fully saturated rings. The molecule has 0 saturated heterocycles. The maximum Gasteiger partial charge on any atom is 0.334 e. The summed E-state index contributed by atoms with van der Waals surface area (Å²) in [6.07, 6.45) is 6.90. The van der Waals surface area contributed by atoms with E-state index in [0.717, 1.165) is 41.9 Å². The first-order valence-corrected chi connectivity index (χ1v) is 11.6. The van der Waals surface area contributed by atoms with E-state index in [-0.39, 0.29) is 0 Å². The molecule has 0 aliphatic heterocycles. The van der Waals surface area contributed by atoms with Crippen LogP contribution in [-0.2, 0) is 28.9 Å². The van der Waals surface area contributed by atoms with Crippen LogP contribution >= 0.6 is 34.8 Å². The van der Waals surface area contributed by atoms with Gasteiger partial charge in [-0.1, -0.05) is 72.4 Å². The quantitative estimate of drug-likeness (QED) is 0.238. The lowest BCUT2D eigenvalue weighted by molar-refractivity contribution is -0.136. The van der Waals surface area contributed by atoms with E-state index in [1.807, 2.05) is 36.4 Å². The van der Waals surface area contributed by atoms with Gasteiger partial charge in [0, 0.05) is 23.4 Å². The monoisotopic (exact) mass is 490 g/mol. The lowest BCUT2D eigenvalue weighted by Crippen LogP contribution is -2.11. The summed E-state index contributed by atoms with van der Waals surface area (Å²) in [6, 6.07) is 13.1. The smallest absolute Gasteiger partial charge is 0.334 e. The first kappa shape index (κ1) is 24.4. The minimum absolute atomic E-state index is 0.352. The summed E-state index contributed by atoms with van der Waals surface area (Å²) in [5.74, 6) is 0.549. The molecule has 7 heteroatoms. The van der Waals surface area contributed by atoms with Gasteiger partial charge in [-0.05, 0) is 41.8 Å². The van der Waals surface area contributed by atoms with Crippen LogP contribution in [-0.4, -0.2) is 22.6 Å². The molecule has 0 N–H and O–H groups in total. The number of aryl methyl sites for hydroxylation is 1. The Kier molecular flexibility index (Phi) is 8.80. The Morgan fingerprint density at radius 3 is 2.56 bits per heavy atom. The van der Waals surface area contributed by atoms with E-state index in [2.05, 4.69) is 16.5 Å². The highest BCUT2D eigenvalue weighted by atomic mass is 35.5. The average Bonchev–Trinajstić information content (AvgIpc) is 3.16. The summed E-state index contributed by atoms with van der Waals surface area (Å²) in [5, 5.41) is 1.61. The number of imidazole rings is 1. The van der Waals surface area contributed by atoms with Crippen molar-refractivity contribution in [1.29, 1.82) is 0 Å². The van der Waals surface area contributed by atoms with Crippen LogP contribution < -0.4 is 0 Å². The minimum atomic E-state index is -0.406. The molecule has 0 bridgehead atoms. The fraction of sp³-hybridized carbons (Fsp3) is 0.280. The second-order valence-electron chi connectivity index (χ2n) is 7.47. The summed E-state index contributed by atoms with van der Waals surface area (Å²) in [4.78, 5) is 17.2. The summed E-state index contributed by atoms with van der Waals surface area (Å²) in [6.45, 7) is 2.71. The van der Waals surface area contributed by atoms with Gasteiger partial charge in [-0.2, -0.15) is 0 Å². The Morgan fingerprint density at radius 2 is 1.88 bits per heavy atom. The molecule has 0 aliphatic rings. The minimum Gasteiger partial charge on any atom is -0.466 e. The number of ether oxygens (including phenoxy) is 1. The molecule has 168 valence electrons. The topological polar surface area (TPSA) is 44.1 Å². The molecule has 0 radical (unpaired) electrons. The highest BCUT2D eigenvalue weighted by Crippen LogP contribution is 2.25. The second-order valence-corrected chi connectivity index (χ2v) is 8.69. The molecule has 2 aromatic carbocycles. The van der Waals surface area contributed by atoms with Gasteiger partial charge in [-0.3, -0.25) is 0 Å². The molecule has 32 heavy (non-hydrogen) atoms. The van der Waals surface area contributed by atoms with Crippen molar-refractivity contribution >= 4 is 46.8 Å². The van der Waals surface area contributed by atoms with Gasteiger partial charge in [-0.15, -0.1) is 0 Å². The summed E-state index contributed by atoms with van der Waals surface area (Å²) < 4.78 is 7.15. The first-order valence-electron chi connectivity index (χ1n) is 10.4. The number of hydrogen-bond donors (Lipinski definition) is 0. The van der Waals surface area contributed by atoms with Crippen molar-refractivity contribution in [2.45, 2.75) is 39.2 Å². The number of benzene rings is 2. The van der Waals surface area contributed by atoms with Crippen LogP contribution in [0.3, 0.4) is 0 Å². The molecule has 3 aromatic rings. The average molecular weight is 492 g/mol. The highest BCUT2D eigenvalue weighted by Gasteiger charge is 2.16. The Balaban J connectivity index is 2.01. The standard InChI is InChI=1S/C25H25Cl3N2O2/c1-3-4-9-24-29-15-20(30(24)16-18-7-5-6-8-21(18)26)14-19(25(31)32-2)12-17-10-11-22(27)23(28)13-17/h5-8,10-11,13-15H,3-4,9,12,16H2,1-2H3/b19-14+. The van der Waals surface area contributed by atoms with Crippen molar-refractivity contribution in [2.24, 2.45) is 0 Å². The lowest BCUT2D eigenvalue weighted by atomic mass is 10.0. The predicted molar refractivity (Wildman–Crippen MR) is 132 cm³/mol. The van der Waals surface area contributed by atoms with Crippen LogP contribution in [0.25, 0.3) is 6.08 Å². The van der Waals surface area contributed by atoms with Crippen LogP contribution in [0.1, 0.15) is 42.4 Å². The van der Waals surface area contributed by atoms with E-state index < -0.39 is 5.97 Å². The van der Waals surface area contributed by atoms with E-state index in [1.54, 1.807) is 18.3 Å². The van der Waals surface area contributed by atoms with Crippen LogP contribution in [0.5, 0.6) is 0 Å². The van der Waals surface area contributed by atoms with Crippen molar-refractivity contribution in [3.05, 3.63) is 91.9 Å². The molecule has 0 unspecified atom stereocenters. The highest BCUT2D eigenvalue weighted by molar-refractivity contribution is 6.42. The molecule has 4 nitrogen and oxygen atoms in total. The number of halogens is 3. The lowest BCUT2D eigenvalue weighted by Gasteiger charge is -2.13. The number of carbonyl (C=O) groups excluding carboxylic acids is 1. The van der Waals surface area contributed by atoms with E-state index in [4.69, 9.17) is 39.5 Å². The molecule has 1 heterocycles. The molecule has 0 aliphatic carbocycles. The van der Waals surface area contributed by atoms with Crippen molar-refractivity contribution in [2.75, 3.05) is 7.11 Å². The maximum absolute atomic E-state index is 12.6. The third-order valence-electron chi connectivity index (χ3n) is 5.16. The zero-order chi connectivity index (χ0) is 23.1. The molecular weight excluding hydrogens is 467 g/mol. The Morgan fingerprint density at radius 1 is 1.09 bits per heavy atom. The molecule has 0 spiro atoms. The summed E-state index contributed by atoms with van der Waals surface area (Å²) >= 11 is 18.6. The van der Waals surface area contributed by atoms with Gasteiger partial charge in [0.25, 0.3) is 0 Å². The van der Waals surface area contributed by atoms with Crippen LogP contribution in [0, 0.1) is 0 Å². The molecule has 3 rings (SSSR count). The molecule has 0 saturated carbocycles. The number of rotatable bonds is 9. The summed E-state index contributed by atoms with van der Waals surface area (Å²) in [7, 11) is 1.37. The Hall–Kier alpha value is -2.27.